The summed E-state index contributed by atoms with van der Waals surface area (Å²) >= 11 is 0. The number of nitrogens with one attached hydrogen (secondary N) is 1. The minimum atomic E-state index is -0.998. The van der Waals surface area contributed by atoms with Crippen molar-refractivity contribution in [3.63, 3.8) is 0 Å². The maximum atomic E-state index is 10.8. The van der Waals surface area contributed by atoms with Crippen molar-refractivity contribution < 1.29 is 19.1 Å². The van der Waals surface area contributed by atoms with Crippen molar-refractivity contribution >= 4 is 11.9 Å². The molecule has 1 atom stereocenters. The Morgan fingerprint density at radius 3 is 2.33 bits per heavy atom. The molecule has 0 aromatic heterocycles. The number of ether oxygens (including phenoxy) is 2. The standard InChI is InChI=1S/C7H13NO4/c1-4-5(9)8-6(11-2)7(10)12-3/h6H,4H2,1-3H3,(H,8,9)/t6-/m0/s1. The minimum Gasteiger partial charge on any atom is -0.466 e. The molecule has 1 amide bonds. The van der Waals surface area contributed by atoms with Gasteiger partial charge in [0.15, 0.2) is 0 Å². The SMILES string of the molecule is CCC(=O)N[C@@H](OC)C(=O)OC. The van der Waals surface area contributed by atoms with Gasteiger partial charge in [0.2, 0.25) is 12.1 Å². The molecule has 0 unspecified atom stereocenters. The molecular formula is C7H13NO4. The van der Waals surface area contributed by atoms with E-state index < -0.39 is 12.2 Å². The van der Waals surface area contributed by atoms with Crippen LogP contribution in [0.1, 0.15) is 13.3 Å². The molecule has 0 aromatic rings. The van der Waals surface area contributed by atoms with E-state index in [1.807, 2.05) is 0 Å². The third-order valence-corrected chi connectivity index (χ3v) is 1.26. The number of rotatable bonds is 4. The number of esters is 1. The lowest BCUT2D eigenvalue weighted by molar-refractivity contribution is -0.156. The van der Waals surface area contributed by atoms with E-state index in [4.69, 9.17) is 0 Å². The fourth-order valence-corrected chi connectivity index (χ4v) is 0.569. The molecule has 0 fully saturated rings. The Labute approximate surface area is 71.0 Å². The zero-order valence-corrected chi connectivity index (χ0v) is 7.42. The van der Waals surface area contributed by atoms with E-state index in [0.717, 1.165) is 0 Å². The molecule has 70 valence electrons. The minimum absolute atomic E-state index is 0.257. The number of methoxy groups -OCH3 is 2. The van der Waals surface area contributed by atoms with Crippen LogP contribution in [0.2, 0.25) is 0 Å². The molecule has 0 heterocycles. The Kier molecular flexibility index (Phi) is 5.03. The van der Waals surface area contributed by atoms with E-state index >= 15 is 0 Å². The predicted octanol–water partition coefficient (Wildman–Crippen LogP) is -0.342. The average Bonchev–Trinajstić information content (AvgIpc) is 2.12. The second-order valence-corrected chi connectivity index (χ2v) is 2.06. The lowest BCUT2D eigenvalue weighted by Gasteiger charge is -2.13. The van der Waals surface area contributed by atoms with Gasteiger partial charge in [0, 0.05) is 13.5 Å². The van der Waals surface area contributed by atoms with Crippen LogP contribution in [0.3, 0.4) is 0 Å². The molecule has 0 radical (unpaired) electrons. The normalized spacial score (nSPS) is 11.9. The summed E-state index contributed by atoms with van der Waals surface area (Å²) in [5.41, 5.74) is 0. The molecule has 0 saturated carbocycles. The maximum Gasteiger partial charge on any atom is 0.356 e. The van der Waals surface area contributed by atoms with Gasteiger partial charge >= 0.3 is 5.97 Å². The summed E-state index contributed by atoms with van der Waals surface area (Å²) in [6.45, 7) is 1.68. The molecule has 5 nitrogen and oxygen atoms in total. The van der Waals surface area contributed by atoms with Crippen LogP contribution in [0.5, 0.6) is 0 Å². The zero-order chi connectivity index (χ0) is 9.56. The average molecular weight is 175 g/mol. The van der Waals surface area contributed by atoms with E-state index in [1.54, 1.807) is 6.92 Å². The van der Waals surface area contributed by atoms with Crippen LogP contribution in [-0.2, 0) is 19.1 Å². The van der Waals surface area contributed by atoms with Crippen molar-refractivity contribution in [2.45, 2.75) is 19.6 Å². The van der Waals surface area contributed by atoms with E-state index in [1.165, 1.54) is 14.2 Å². The van der Waals surface area contributed by atoms with Gasteiger partial charge in [-0.2, -0.15) is 0 Å². The van der Waals surface area contributed by atoms with Crippen molar-refractivity contribution in [3.05, 3.63) is 0 Å². The zero-order valence-electron chi connectivity index (χ0n) is 7.42. The first-order valence-corrected chi connectivity index (χ1v) is 3.55. The largest absolute Gasteiger partial charge is 0.466 e. The highest BCUT2D eigenvalue weighted by Crippen LogP contribution is 1.89. The Morgan fingerprint density at radius 1 is 1.42 bits per heavy atom. The van der Waals surface area contributed by atoms with Crippen LogP contribution in [0, 0.1) is 0 Å². The van der Waals surface area contributed by atoms with Gasteiger partial charge in [-0.25, -0.2) is 4.79 Å². The van der Waals surface area contributed by atoms with Crippen LogP contribution in [0.25, 0.3) is 0 Å². The van der Waals surface area contributed by atoms with Gasteiger partial charge in [-0.1, -0.05) is 6.92 Å². The van der Waals surface area contributed by atoms with E-state index in [9.17, 15) is 9.59 Å². The lowest BCUT2D eigenvalue weighted by Crippen LogP contribution is -2.42. The van der Waals surface area contributed by atoms with E-state index in [2.05, 4.69) is 14.8 Å². The quantitative estimate of drug-likeness (QED) is 0.469. The van der Waals surface area contributed by atoms with Gasteiger partial charge in [0.05, 0.1) is 7.11 Å². The van der Waals surface area contributed by atoms with E-state index in [-0.39, 0.29) is 5.91 Å². The van der Waals surface area contributed by atoms with Crippen LogP contribution in [-0.4, -0.2) is 32.3 Å². The Hall–Kier alpha value is -1.10. The number of carbonyl (C=O) groups is 2. The Balaban J connectivity index is 3.99. The molecule has 1 N–H and O–H groups in total. The monoisotopic (exact) mass is 175 g/mol. The summed E-state index contributed by atoms with van der Waals surface area (Å²) < 4.78 is 9.04. The Bertz CT molecular complexity index is 169. The van der Waals surface area contributed by atoms with Crippen molar-refractivity contribution in [2.75, 3.05) is 14.2 Å². The molecule has 0 bridgehead atoms. The fraction of sp³-hybridized carbons (Fsp3) is 0.714. The van der Waals surface area contributed by atoms with Crippen LogP contribution >= 0.6 is 0 Å². The highest BCUT2D eigenvalue weighted by Gasteiger charge is 2.19. The smallest absolute Gasteiger partial charge is 0.356 e. The van der Waals surface area contributed by atoms with Gasteiger partial charge in [0.1, 0.15) is 0 Å². The molecule has 5 heteroatoms. The summed E-state index contributed by atoms with van der Waals surface area (Å²) in [6, 6.07) is 0. The third-order valence-electron chi connectivity index (χ3n) is 1.26. The molecule has 0 rings (SSSR count). The first-order valence-electron chi connectivity index (χ1n) is 3.55. The van der Waals surface area contributed by atoms with Gasteiger partial charge < -0.3 is 14.8 Å². The van der Waals surface area contributed by atoms with Crippen LogP contribution in [0.4, 0.5) is 0 Å². The summed E-state index contributed by atoms with van der Waals surface area (Å²) in [5, 5.41) is 2.33. The second-order valence-electron chi connectivity index (χ2n) is 2.06. The highest BCUT2D eigenvalue weighted by atomic mass is 16.6. The molecule has 0 saturated heterocycles. The molecule has 0 aliphatic rings. The van der Waals surface area contributed by atoms with Crippen molar-refractivity contribution in [1.82, 2.24) is 5.32 Å². The molecule has 0 aromatic carbocycles. The number of carbonyl (C=O) groups excluding carboxylic acids is 2. The number of hydrogen-bond acceptors (Lipinski definition) is 4. The molecule has 0 aliphatic carbocycles. The van der Waals surface area contributed by atoms with Gasteiger partial charge in [-0.05, 0) is 0 Å². The molecule has 12 heavy (non-hydrogen) atoms. The van der Waals surface area contributed by atoms with Crippen molar-refractivity contribution in [3.8, 4) is 0 Å². The Morgan fingerprint density at radius 2 is 2.00 bits per heavy atom. The summed E-state index contributed by atoms with van der Waals surface area (Å²) in [6.07, 6.45) is -0.695. The van der Waals surface area contributed by atoms with Crippen LogP contribution in [0.15, 0.2) is 0 Å². The first-order chi connectivity index (χ1) is 5.65. The summed E-state index contributed by atoms with van der Waals surface area (Å²) in [5.74, 6) is -0.869. The van der Waals surface area contributed by atoms with Crippen LogP contribution < -0.4 is 5.32 Å². The molecule has 0 aliphatic heterocycles. The summed E-state index contributed by atoms with van der Waals surface area (Å²) in [7, 11) is 2.55. The number of amides is 1. The van der Waals surface area contributed by atoms with Crippen molar-refractivity contribution in [1.29, 1.82) is 0 Å². The fourth-order valence-electron chi connectivity index (χ4n) is 0.569. The van der Waals surface area contributed by atoms with Gasteiger partial charge in [0.25, 0.3) is 0 Å². The topological polar surface area (TPSA) is 64.6 Å². The predicted molar refractivity (Wildman–Crippen MR) is 41.2 cm³/mol. The van der Waals surface area contributed by atoms with E-state index in [0.29, 0.717) is 6.42 Å². The van der Waals surface area contributed by atoms with Gasteiger partial charge in [-0.15, -0.1) is 0 Å². The lowest BCUT2D eigenvalue weighted by atomic mass is 10.4. The summed E-state index contributed by atoms with van der Waals surface area (Å²) in [4.78, 5) is 21.6. The van der Waals surface area contributed by atoms with Gasteiger partial charge in [-0.3, -0.25) is 4.79 Å². The second kappa shape index (κ2) is 5.54. The highest BCUT2D eigenvalue weighted by molar-refractivity contribution is 5.83. The maximum absolute atomic E-state index is 10.8. The van der Waals surface area contributed by atoms with Crippen molar-refractivity contribution in [2.24, 2.45) is 0 Å². The molecular weight excluding hydrogens is 162 g/mol. The number of hydrogen-bond donors (Lipinski definition) is 1. The third kappa shape index (κ3) is 3.34. The first kappa shape index (κ1) is 10.9. The molecule has 0 spiro atoms.